The number of carbonyl (C=O) groups is 2. The van der Waals surface area contributed by atoms with Crippen LogP contribution >= 0.6 is 0 Å². The van der Waals surface area contributed by atoms with Gasteiger partial charge in [0.25, 0.3) is 5.91 Å². The minimum atomic E-state index is -0.429. The van der Waals surface area contributed by atoms with E-state index in [-0.39, 0.29) is 36.8 Å². The Hall–Kier alpha value is -4.00. The molecule has 1 N–H and O–H groups in total. The summed E-state index contributed by atoms with van der Waals surface area (Å²) in [5, 5.41) is 1.10. The fraction of sp³-hybridized carbons (Fsp3) is 0.241. The molecule has 0 unspecified atom stereocenters. The largest absolute Gasteiger partial charge is 0.361 e. The van der Waals surface area contributed by atoms with Crippen molar-refractivity contribution in [1.29, 1.82) is 0 Å². The van der Waals surface area contributed by atoms with Gasteiger partial charge in [-0.25, -0.2) is 8.78 Å². The van der Waals surface area contributed by atoms with Crippen molar-refractivity contribution in [3.05, 3.63) is 107 Å². The molecule has 0 aliphatic heterocycles. The van der Waals surface area contributed by atoms with E-state index in [1.807, 2.05) is 44.3 Å². The molecule has 0 saturated carbocycles. The van der Waals surface area contributed by atoms with Crippen molar-refractivity contribution in [2.24, 2.45) is 0 Å². The van der Waals surface area contributed by atoms with Gasteiger partial charge in [-0.05, 0) is 73.9 Å². The molecule has 4 rings (SSSR count). The zero-order valence-electron chi connectivity index (χ0n) is 20.4. The van der Waals surface area contributed by atoms with Crippen molar-refractivity contribution in [1.82, 2.24) is 14.8 Å². The Kier molecular flexibility index (Phi) is 7.78. The van der Waals surface area contributed by atoms with Crippen LogP contribution in [0.5, 0.6) is 0 Å². The number of hydrogen-bond acceptors (Lipinski definition) is 2. The minimum Gasteiger partial charge on any atom is -0.361 e. The first kappa shape index (κ1) is 25.1. The number of halogens is 2. The summed E-state index contributed by atoms with van der Waals surface area (Å²) in [4.78, 5) is 33.1. The number of aromatic nitrogens is 1. The van der Waals surface area contributed by atoms with Crippen LogP contribution in [0.3, 0.4) is 0 Å². The maximum atomic E-state index is 13.5. The van der Waals surface area contributed by atoms with Crippen LogP contribution in [0.1, 0.15) is 35.3 Å². The third-order valence-electron chi connectivity index (χ3n) is 6.25. The first-order valence-corrected chi connectivity index (χ1v) is 12.0. The van der Waals surface area contributed by atoms with Crippen LogP contribution in [0.4, 0.5) is 8.78 Å². The second kappa shape index (κ2) is 11.2. The van der Waals surface area contributed by atoms with Crippen LogP contribution in [0.2, 0.25) is 0 Å². The van der Waals surface area contributed by atoms with E-state index >= 15 is 0 Å². The van der Waals surface area contributed by atoms with Crippen molar-refractivity contribution in [2.75, 3.05) is 13.1 Å². The van der Waals surface area contributed by atoms with Crippen molar-refractivity contribution in [3.8, 4) is 0 Å². The maximum Gasteiger partial charge on any atom is 0.254 e. The maximum absolute atomic E-state index is 13.5. The summed E-state index contributed by atoms with van der Waals surface area (Å²) in [5.74, 6) is -1.33. The van der Waals surface area contributed by atoms with E-state index in [1.165, 1.54) is 41.3 Å². The number of amides is 2. The highest BCUT2D eigenvalue weighted by Gasteiger charge is 2.25. The fourth-order valence-electron chi connectivity index (χ4n) is 4.19. The van der Waals surface area contributed by atoms with Gasteiger partial charge in [-0.15, -0.1) is 0 Å². The lowest BCUT2D eigenvalue weighted by Crippen LogP contribution is -2.46. The normalized spacial score (nSPS) is 11.1. The van der Waals surface area contributed by atoms with Crippen molar-refractivity contribution in [3.63, 3.8) is 0 Å². The lowest BCUT2D eigenvalue weighted by molar-refractivity contribution is -0.132. The van der Waals surface area contributed by atoms with E-state index in [0.717, 1.165) is 22.0 Å². The standard InChI is InChI=1S/C29H29F2N3O2/c1-20(2)34(29(36)22-9-13-25(31)14-10-22)19-28(35)33(18-21-7-11-24(30)12-8-21)16-15-23-17-32-27-6-4-3-5-26(23)27/h3-14,17,20,32H,15-16,18-19H2,1-2H3. The first-order chi connectivity index (χ1) is 17.3. The molecule has 0 radical (unpaired) electrons. The average Bonchev–Trinajstić information content (AvgIpc) is 3.29. The number of hydrogen-bond donors (Lipinski definition) is 1. The van der Waals surface area contributed by atoms with Gasteiger partial charge in [0.05, 0.1) is 0 Å². The lowest BCUT2D eigenvalue weighted by Gasteiger charge is -2.30. The predicted octanol–water partition coefficient (Wildman–Crippen LogP) is 5.57. The van der Waals surface area contributed by atoms with Crippen LogP contribution in [-0.2, 0) is 17.8 Å². The summed E-state index contributed by atoms with van der Waals surface area (Å²) in [7, 11) is 0. The zero-order valence-corrected chi connectivity index (χ0v) is 20.4. The molecule has 186 valence electrons. The summed E-state index contributed by atoms with van der Waals surface area (Å²) in [5.41, 5.74) is 3.23. The molecule has 0 bridgehead atoms. The summed E-state index contributed by atoms with van der Waals surface area (Å²) < 4.78 is 26.8. The molecule has 4 aromatic rings. The summed E-state index contributed by atoms with van der Waals surface area (Å²) in [6.45, 7) is 4.27. The van der Waals surface area contributed by atoms with Gasteiger partial charge < -0.3 is 14.8 Å². The smallest absolute Gasteiger partial charge is 0.254 e. The SMILES string of the molecule is CC(C)N(CC(=O)N(CCc1c[nH]c2ccccc12)Cc1ccc(F)cc1)C(=O)c1ccc(F)cc1. The second-order valence-electron chi connectivity index (χ2n) is 9.08. The monoisotopic (exact) mass is 489 g/mol. The molecule has 7 heteroatoms. The van der Waals surface area contributed by atoms with Gasteiger partial charge in [0.15, 0.2) is 0 Å². The topological polar surface area (TPSA) is 56.4 Å². The Labute approximate surface area is 209 Å². The molecule has 5 nitrogen and oxygen atoms in total. The molecular weight excluding hydrogens is 460 g/mol. The molecule has 36 heavy (non-hydrogen) atoms. The number of benzene rings is 3. The van der Waals surface area contributed by atoms with Gasteiger partial charge >= 0.3 is 0 Å². The molecule has 0 fully saturated rings. The Balaban J connectivity index is 1.54. The van der Waals surface area contributed by atoms with Crippen LogP contribution in [0.25, 0.3) is 10.9 Å². The molecule has 0 atom stereocenters. The highest BCUT2D eigenvalue weighted by atomic mass is 19.1. The van der Waals surface area contributed by atoms with Gasteiger partial charge in [-0.1, -0.05) is 30.3 Å². The van der Waals surface area contributed by atoms with Crippen LogP contribution in [-0.4, -0.2) is 45.7 Å². The van der Waals surface area contributed by atoms with Crippen molar-refractivity contribution >= 4 is 22.7 Å². The molecule has 2 amide bonds. The number of aromatic amines is 1. The number of nitrogens with zero attached hydrogens (tertiary/aromatic N) is 2. The van der Waals surface area contributed by atoms with E-state index in [1.54, 1.807) is 17.0 Å². The number of carbonyl (C=O) groups excluding carboxylic acids is 2. The molecule has 0 spiro atoms. The molecule has 1 aromatic heterocycles. The Bertz CT molecular complexity index is 1330. The third kappa shape index (κ3) is 5.97. The minimum absolute atomic E-state index is 0.122. The average molecular weight is 490 g/mol. The Morgan fingerprint density at radius 1 is 0.889 bits per heavy atom. The number of rotatable bonds is 9. The highest BCUT2D eigenvalue weighted by Crippen LogP contribution is 2.19. The van der Waals surface area contributed by atoms with Crippen LogP contribution in [0.15, 0.2) is 79.0 Å². The van der Waals surface area contributed by atoms with Gasteiger partial charge in [-0.2, -0.15) is 0 Å². The Morgan fingerprint density at radius 3 is 2.19 bits per heavy atom. The summed E-state index contributed by atoms with van der Waals surface area (Å²) in [6, 6.07) is 19.1. The van der Waals surface area contributed by atoms with Crippen molar-refractivity contribution in [2.45, 2.75) is 32.9 Å². The Morgan fingerprint density at radius 2 is 1.53 bits per heavy atom. The number of para-hydroxylation sites is 1. The van der Waals surface area contributed by atoms with Crippen molar-refractivity contribution < 1.29 is 18.4 Å². The quantitative estimate of drug-likeness (QED) is 0.334. The second-order valence-corrected chi connectivity index (χ2v) is 9.08. The molecular formula is C29H29F2N3O2. The van der Waals surface area contributed by atoms with Gasteiger partial charge in [0.1, 0.15) is 18.2 Å². The van der Waals surface area contributed by atoms with E-state index in [0.29, 0.717) is 18.5 Å². The van der Waals surface area contributed by atoms with Gasteiger partial charge in [0.2, 0.25) is 5.91 Å². The van der Waals surface area contributed by atoms with E-state index < -0.39 is 5.82 Å². The fourth-order valence-corrected chi connectivity index (χ4v) is 4.19. The molecule has 0 saturated heterocycles. The van der Waals surface area contributed by atoms with Crippen LogP contribution in [0, 0.1) is 11.6 Å². The number of fused-ring (bicyclic) bond motifs is 1. The number of nitrogens with one attached hydrogen (secondary N) is 1. The molecule has 0 aliphatic rings. The van der Waals surface area contributed by atoms with E-state index in [9.17, 15) is 18.4 Å². The first-order valence-electron chi connectivity index (χ1n) is 12.0. The molecule has 3 aromatic carbocycles. The highest BCUT2D eigenvalue weighted by molar-refractivity contribution is 5.96. The van der Waals surface area contributed by atoms with Gasteiger partial charge in [-0.3, -0.25) is 9.59 Å². The summed E-state index contributed by atoms with van der Waals surface area (Å²) in [6.07, 6.45) is 2.56. The molecule has 1 heterocycles. The summed E-state index contributed by atoms with van der Waals surface area (Å²) >= 11 is 0. The van der Waals surface area contributed by atoms with Gasteiger partial charge in [0, 0.05) is 41.8 Å². The van der Waals surface area contributed by atoms with E-state index in [4.69, 9.17) is 0 Å². The molecule has 0 aliphatic carbocycles. The predicted molar refractivity (Wildman–Crippen MR) is 136 cm³/mol. The van der Waals surface area contributed by atoms with E-state index in [2.05, 4.69) is 4.98 Å². The van der Waals surface area contributed by atoms with Crippen LogP contribution < -0.4 is 0 Å². The lowest BCUT2D eigenvalue weighted by atomic mass is 10.1. The zero-order chi connectivity index (χ0) is 25.7. The number of H-pyrrole nitrogens is 1. The third-order valence-corrected chi connectivity index (χ3v) is 6.25.